The summed E-state index contributed by atoms with van der Waals surface area (Å²) in [6, 6.07) is 0.373. The molecule has 0 saturated carbocycles. The van der Waals surface area contributed by atoms with Crippen molar-refractivity contribution in [3.05, 3.63) is 11.4 Å². The van der Waals surface area contributed by atoms with Gasteiger partial charge in [-0.15, -0.1) is 0 Å². The van der Waals surface area contributed by atoms with E-state index in [1.54, 1.807) is 7.11 Å². The van der Waals surface area contributed by atoms with Crippen LogP contribution in [0.5, 0.6) is 0 Å². The van der Waals surface area contributed by atoms with Crippen molar-refractivity contribution in [3.8, 4) is 0 Å². The van der Waals surface area contributed by atoms with Crippen molar-refractivity contribution in [1.82, 2.24) is 9.97 Å². The number of hydrogen-bond donors (Lipinski definition) is 1. The Balaban J connectivity index is 3.20. The van der Waals surface area contributed by atoms with Crippen LogP contribution in [0.15, 0.2) is 0 Å². The topological polar surface area (TPSA) is 50.3 Å². The minimum Gasteiger partial charge on any atom is -0.383 e. The van der Waals surface area contributed by atoms with Gasteiger partial charge in [0.2, 0.25) is 0 Å². The molecule has 0 radical (unpaired) electrons. The molecular weight excluding hydrogens is 240 g/mol. The first kappa shape index (κ1) is 15.7. The van der Waals surface area contributed by atoms with Crippen LogP contribution in [0.1, 0.15) is 32.2 Å². The molecule has 108 valence electrons. The van der Waals surface area contributed by atoms with Crippen molar-refractivity contribution >= 4 is 11.6 Å². The third-order valence-corrected chi connectivity index (χ3v) is 3.15. The molecule has 0 aliphatic rings. The van der Waals surface area contributed by atoms with Crippen LogP contribution in [-0.2, 0) is 11.2 Å². The molecule has 0 atom stereocenters. The zero-order valence-electron chi connectivity index (χ0n) is 12.9. The number of aryl methyl sites for hydroxylation is 1. The van der Waals surface area contributed by atoms with Crippen molar-refractivity contribution in [1.29, 1.82) is 0 Å². The molecule has 5 heteroatoms. The smallest absolute Gasteiger partial charge is 0.137 e. The van der Waals surface area contributed by atoms with Crippen LogP contribution >= 0.6 is 0 Å². The lowest BCUT2D eigenvalue weighted by molar-refractivity contribution is 0.203. The Labute approximate surface area is 116 Å². The van der Waals surface area contributed by atoms with Gasteiger partial charge in [-0.25, -0.2) is 9.97 Å². The van der Waals surface area contributed by atoms with E-state index in [-0.39, 0.29) is 0 Å². The molecule has 0 saturated heterocycles. The summed E-state index contributed by atoms with van der Waals surface area (Å²) in [5, 5.41) is 3.15. The largest absolute Gasteiger partial charge is 0.383 e. The second-order valence-corrected chi connectivity index (χ2v) is 4.82. The van der Waals surface area contributed by atoms with Crippen molar-refractivity contribution in [2.75, 3.05) is 37.5 Å². The molecule has 0 amide bonds. The molecule has 0 spiro atoms. The number of nitrogens with zero attached hydrogens (tertiary/aromatic N) is 3. The molecule has 1 rings (SSSR count). The second-order valence-electron chi connectivity index (χ2n) is 4.82. The summed E-state index contributed by atoms with van der Waals surface area (Å²) in [6.45, 7) is 9.99. The van der Waals surface area contributed by atoms with E-state index in [9.17, 15) is 0 Å². The molecule has 1 aromatic heterocycles. The summed E-state index contributed by atoms with van der Waals surface area (Å²) < 4.78 is 5.20. The number of ether oxygens (including phenoxy) is 1. The highest BCUT2D eigenvalue weighted by atomic mass is 16.5. The molecule has 0 aromatic carbocycles. The minimum atomic E-state index is 0.373. The highest BCUT2D eigenvalue weighted by Gasteiger charge is 2.18. The fraction of sp³-hybridized carbons (Fsp3) is 0.714. The third-order valence-electron chi connectivity index (χ3n) is 3.15. The van der Waals surface area contributed by atoms with Gasteiger partial charge in [-0.3, -0.25) is 0 Å². The van der Waals surface area contributed by atoms with Crippen LogP contribution in [-0.4, -0.2) is 43.3 Å². The van der Waals surface area contributed by atoms with Crippen molar-refractivity contribution in [2.24, 2.45) is 0 Å². The van der Waals surface area contributed by atoms with Crippen molar-refractivity contribution in [3.63, 3.8) is 0 Å². The average Bonchev–Trinajstić information content (AvgIpc) is 2.40. The highest BCUT2D eigenvalue weighted by Crippen LogP contribution is 2.25. The van der Waals surface area contributed by atoms with Gasteiger partial charge in [-0.05, 0) is 20.8 Å². The Hall–Kier alpha value is -1.36. The molecule has 1 aromatic rings. The van der Waals surface area contributed by atoms with E-state index in [2.05, 4.69) is 42.9 Å². The lowest BCUT2D eigenvalue weighted by Gasteiger charge is -2.29. The molecule has 19 heavy (non-hydrogen) atoms. The van der Waals surface area contributed by atoms with E-state index in [0.717, 1.165) is 36.0 Å². The zero-order valence-corrected chi connectivity index (χ0v) is 12.9. The van der Waals surface area contributed by atoms with Gasteiger partial charge in [0.15, 0.2) is 0 Å². The fourth-order valence-electron chi connectivity index (χ4n) is 2.03. The van der Waals surface area contributed by atoms with E-state index in [1.807, 2.05) is 7.05 Å². The number of rotatable bonds is 7. The Bertz CT molecular complexity index is 407. The van der Waals surface area contributed by atoms with E-state index in [4.69, 9.17) is 9.72 Å². The first-order valence-corrected chi connectivity index (χ1v) is 6.85. The fourth-order valence-corrected chi connectivity index (χ4v) is 2.03. The molecule has 0 unspecified atom stereocenters. The van der Waals surface area contributed by atoms with Crippen molar-refractivity contribution in [2.45, 2.75) is 40.2 Å². The number of nitrogens with one attached hydrogen (secondary N) is 1. The van der Waals surface area contributed by atoms with Gasteiger partial charge in [0, 0.05) is 38.7 Å². The van der Waals surface area contributed by atoms with Crippen LogP contribution in [0.25, 0.3) is 0 Å². The maximum Gasteiger partial charge on any atom is 0.137 e. The van der Waals surface area contributed by atoms with Gasteiger partial charge in [0.1, 0.15) is 17.5 Å². The first-order chi connectivity index (χ1) is 9.04. The van der Waals surface area contributed by atoms with Crippen LogP contribution in [0.3, 0.4) is 0 Å². The van der Waals surface area contributed by atoms with Crippen molar-refractivity contribution < 1.29 is 4.74 Å². The zero-order chi connectivity index (χ0) is 14.4. The molecule has 1 N–H and O–H groups in total. The Morgan fingerprint density at radius 3 is 2.47 bits per heavy atom. The maximum absolute atomic E-state index is 5.20. The number of hydrogen-bond acceptors (Lipinski definition) is 5. The third kappa shape index (κ3) is 3.80. The van der Waals surface area contributed by atoms with Gasteiger partial charge in [-0.2, -0.15) is 0 Å². The van der Waals surface area contributed by atoms with Crippen LogP contribution in [0.2, 0.25) is 0 Å². The molecule has 0 fully saturated rings. The average molecular weight is 266 g/mol. The molecule has 5 nitrogen and oxygen atoms in total. The summed E-state index contributed by atoms with van der Waals surface area (Å²) in [7, 11) is 3.62. The molecule has 0 aliphatic carbocycles. The molecule has 1 heterocycles. The van der Waals surface area contributed by atoms with E-state index in [1.165, 1.54) is 0 Å². The summed E-state index contributed by atoms with van der Waals surface area (Å²) in [6.07, 6.45) is 0.832. The normalized spacial score (nSPS) is 10.9. The Morgan fingerprint density at radius 2 is 2.00 bits per heavy atom. The monoisotopic (exact) mass is 266 g/mol. The minimum absolute atomic E-state index is 0.373. The summed E-state index contributed by atoms with van der Waals surface area (Å²) in [4.78, 5) is 11.5. The summed E-state index contributed by atoms with van der Waals surface area (Å²) in [5.41, 5.74) is 1.09. The summed E-state index contributed by atoms with van der Waals surface area (Å²) in [5.74, 6) is 2.78. The van der Waals surface area contributed by atoms with Gasteiger partial charge in [-0.1, -0.05) is 6.92 Å². The molecule has 0 bridgehead atoms. The van der Waals surface area contributed by atoms with E-state index >= 15 is 0 Å². The van der Waals surface area contributed by atoms with Gasteiger partial charge >= 0.3 is 0 Å². The number of anilines is 2. The molecular formula is C14H26N4O. The SMILES string of the molecule is CCc1nc(NC)c(C)c(N(CCOC)C(C)C)n1. The lowest BCUT2D eigenvalue weighted by Crippen LogP contribution is -2.35. The number of aromatic nitrogens is 2. The van der Waals surface area contributed by atoms with Crippen LogP contribution < -0.4 is 10.2 Å². The Kier molecular flexibility index (Phi) is 6.02. The van der Waals surface area contributed by atoms with E-state index < -0.39 is 0 Å². The first-order valence-electron chi connectivity index (χ1n) is 6.85. The summed E-state index contributed by atoms with van der Waals surface area (Å²) >= 11 is 0. The number of methoxy groups -OCH3 is 1. The molecule has 0 aliphatic heterocycles. The van der Waals surface area contributed by atoms with Gasteiger partial charge in [0.05, 0.1) is 6.61 Å². The van der Waals surface area contributed by atoms with Crippen LogP contribution in [0.4, 0.5) is 11.6 Å². The van der Waals surface area contributed by atoms with Gasteiger partial charge < -0.3 is 15.0 Å². The lowest BCUT2D eigenvalue weighted by atomic mass is 10.2. The predicted octanol–water partition coefficient (Wildman–Crippen LogP) is 2.25. The predicted molar refractivity (Wildman–Crippen MR) is 80.1 cm³/mol. The maximum atomic E-state index is 5.20. The quantitative estimate of drug-likeness (QED) is 0.820. The second kappa shape index (κ2) is 7.28. The van der Waals surface area contributed by atoms with E-state index in [0.29, 0.717) is 12.6 Å². The highest BCUT2D eigenvalue weighted by molar-refractivity contribution is 5.58. The standard InChI is InChI=1S/C14H26N4O/c1-7-12-16-13(15-5)11(4)14(17-12)18(10(2)3)8-9-19-6/h10H,7-9H2,1-6H3,(H,15,16,17). The Morgan fingerprint density at radius 1 is 1.32 bits per heavy atom. The van der Waals surface area contributed by atoms with Gasteiger partial charge in [0.25, 0.3) is 0 Å². The van der Waals surface area contributed by atoms with Crippen LogP contribution in [0, 0.1) is 6.92 Å².